The van der Waals surface area contributed by atoms with E-state index in [1.807, 2.05) is 13.0 Å². The molecular formula is C19H19ClF2O3. The van der Waals surface area contributed by atoms with Gasteiger partial charge in [-0.1, -0.05) is 24.6 Å². The van der Waals surface area contributed by atoms with Crippen LogP contribution in [-0.2, 0) is 15.9 Å². The maximum atomic E-state index is 13.3. The van der Waals surface area contributed by atoms with Crippen LogP contribution in [0.1, 0.15) is 24.5 Å². The van der Waals surface area contributed by atoms with E-state index < -0.39 is 11.6 Å². The Hall–Kier alpha value is -1.69. The Morgan fingerprint density at radius 1 is 1.12 bits per heavy atom. The topological polar surface area (TPSA) is 27.7 Å². The first-order valence-corrected chi connectivity index (χ1v) is 8.54. The fraction of sp³-hybridized carbons (Fsp3) is 0.368. The predicted octanol–water partition coefficient (Wildman–Crippen LogP) is 4.74. The second-order valence-corrected chi connectivity index (χ2v) is 6.37. The summed E-state index contributed by atoms with van der Waals surface area (Å²) >= 11 is 6.25. The lowest BCUT2D eigenvalue weighted by Gasteiger charge is -2.13. The lowest BCUT2D eigenvalue weighted by molar-refractivity contribution is -0.0642. The van der Waals surface area contributed by atoms with Gasteiger partial charge in [-0.25, -0.2) is 8.78 Å². The molecule has 2 aromatic rings. The number of benzene rings is 2. The van der Waals surface area contributed by atoms with Crippen LogP contribution >= 0.6 is 11.6 Å². The Labute approximate surface area is 150 Å². The maximum Gasteiger partial charge on any atom is 0.158 e. The number of rotatable bonds is 6. The molecule has 2 unspecified atom stereocenters. The fourth-order valence-electron chi connectivity index (χ4n) is 2.71. The summed E-state index contributed by atoms with van der Waals surface area (Å²) < 4.78 is 43.3. The van der Waals surface area contributed by atoms with E-state index in [0.717, 1.165) is 18.1 Å². The molecule has 25 heavy (non-hydrogen) atoms. The molecule has 2 atom stereocenters. The Morgan fingerprint density at radius 3 is 2.52 bits per heavy atom. The van der Waals surface area contributed by atoms with E-state index in [0.29, 0.717) is 36.0 Å². The lowest BCUT2D eigenvalue weighted by Crippen LogP contribution is -2.20. The van der Waals surface area contributed by atoms with Crippen molar-refractivity contribution in [1.29, 1.82) is 0 Å². The van der Waals surface area contributed by atoms with Crippen LogP contribution in [0, 0.1) is 11.6 Å². The molecule has 1 saturated heterocycles. The van der Waals surface area contributed by atoms with Gasteiger partial charge in [0.15, 0.2) is 6.29 Å². The smallest absolute Gasteiger partial charge is 0.158 e. The minimum Gasteiger partial charge on any atom is -0.489 e. The quantitative estimate of drug-likeness (QED) is 0.737. The zero-order valence-electron chi connectivity index (χ0n) is 13.8. The highest BCUT2D eigenvalue weighted by Crippen LogP contribution is 2.27. The Bertz CT molecular complexity index is 718. The standard InChI is InChI=1S/C19H19ClF2O3/c1-2-19-24-11-16(25-19)10-23-18-4-3-12(8-17(18)20)5-13-6-14(21)9-15(22)7-13/h3-4,6-9,16,19H,2,5,10-11H2,1H3. The molecule has 0 bridgehead atoms. The molecular weight excluding hydrogens is 350 g/mol. The zero-order valence-corrected chi connectivity index (χ0v) is 14.6. The predicted molar refractivity (Wildman–Crippen MR) is 91.0 cm³/mol. The first-order valence-electron chi connectivity index (χ1n) is 8.16. The molecule has 0 radical (unpaired) electrons. The number of hydrogen-bond donors (Lipinski definition) is 0. The van der Waals surface area contributed by atoms with Gasteiger partial charge in [-0.05, 0) is 48.2 Å². The lowest BCUT2D eigenvalue weighted by atomic mass is 10.0. The molecule has 1 fully saturated rings. The van der Waals surface area contributed by atoms with Gasteiger partial charge in [-0.15, -0.1) is 0 Å². The summed E-state index contributed by atoms with van der Waals surface area (Å²) in [4.78, 5) is 0. The highest BCUT2D eigenvalue weighted by molar-refractivity contribution is 6.32. The van der Waals surface area contributed by atoms with Crippen LogP contribution in [0.25, 0.3) is 0 Å². The Kier molecular flexibility index (Phi) is 5.89. The summed E-state index contributed by atoms with van der Waals surface area (Å²) in [5.41, 5.74) is 1.39. The minimum absolute atomic E-state index is 0.115. The van der Waals surface area contributed by atoms with Gasteiger partial charge in [0.25, 0.3) is 0 Å². The monoisotopic (exact) mass is 368 g/mol. The van der Waals surface area contributed by atoms with E-state index in [4.69, 9.17) is 25.8 Å². The Morgan fingerprint density at radius 2 is 1.88 bits per heavy atom. The summed E-state index contributed by atoms with van der Waals surface area (Å²) in [5, 5.41) is 0.445. The van der Waals surface area contributed by atoms with Crippen LogP contribution in [0.3, 0.4) is 0 Å². The second-order valence-electron chi connectivity index (χ2n) is 5.96. The van der Waals surface area contributed by atoms with Crippen LogP contribution in [0.15, 0.2) is 36.4 Å². The molecule has 3 nitrogen and oxygen atoms in total. The molecule has 0 spiro atoms. The molecule has 0 amide bonds. The van der Waals surface area contributed by atoms with Crippen molar-refractivity contribution in [3.8, 4) is 5.75 Å². The molecule has 0 aliphatic carbocycles. The Balaban J connectivity index is 1.60. The molecule has 1 heterocycles. The first kappa shape index (κ1) is 18.1. The van der Waals surface area contributed by atoms with Crippen LogP contribution < -0.4 is 4.74 Å². The number of hydrogen-bond acceptors (Lipinski definition) is 3. The third kappa shape index (κ3) is 4.91. The van der Waals surface area contributed by atoms with Crippen molar-refractivity contribution in [1.82, 2.24) is 0 Å². The van der Waals surface area contributed by atoms with Gasteiger partial charge >= 0.3 is 0 Å². The largest absolute Gasteiger partial charge is 0.489 e. The summed E-state index contributed by atoms with van der Waals surface area (Å²) in [6.45, 7) is 2.85. The number of ether oxygens (including phenoxy) is 3. The fourth-order valence-corrected chi connectivity index (χ4v) is 2.97. The van der Waals surface area contributed by atoms with E-state index in [1.54, 1.807) is 12.1 Å². The summed E-state index contributed by atoms with van der Waals surface area (Å²) in [5.74, 6) is -0.644. The highest BCUT2D eigenvalue weighted by Gasteiger charge is 2.25. The van der Waals surface area contributed by atoms with Gasteiger partial charge in [0.2, 0.25) is 0 Å². The van der Waals surface area contributed by atoms with Crippen molar-refractivity contribution in [3.63, 3.8) is 0 Å². The SMILES string of the molecule is CCC1OCC(COc2ccc(Cc3cc(F)cc(F)c3)cc2Cl)O1. The summed E-state index contributed by atoms with van der Waals surface area (Å²) in [6, 6.07) is 8.78. The van der Waals surface area contributed by atoms with Gasteiger partial charge in [-0.3, -0.25) is 0 Å². The molecule has 2 aromatic carbocycles. The minimum atomic E-state index is -0.592. The van der Waals surface area contributed by atoms with Crippen molar-refractivity contribution in [3.05, 3.63) is 64.2 Å². The molecule has 0 N–H and O–H groups in total. The molecule has 6 heteroatoms. The van der Waals surface area contributed by atoms with Crippen molar-refractivity contribution in [2.45, 2.75) is 32.2 Å². The van der Waals surface area contributed by atoms with E-state index >= 15 is 0 Å². The van der Waals surface area contributed by atoms with Crippen LogP contribution in [0.4, 0.5) is 8.78 Å². The molecule has 1 aliphatic rings. The highest BCUT2D eigenvalue weighted by atomic mass is 35.5. The van der Waals surface area contributed by atoms with Crippen LogP contribution in [0.5, 0.6) is 5.75 Å². The van der Waals surface area contributed by atoms with Gasteiger partial charge in [0.1, 0.15) is 30.1 Å². The van der Waals surface area contributed by atoms with Crippen molar-refractivity contribution >= 4 is 11.6 Å². The molecule has 1 aliphatic heterocycles. The molecule has 0 aromatic heterocycles. The summed E-state index contributed by atoms with van der Waals surface area (Å²) in [6.07, 6.45) is 0.896. The molecule has 0 saturated carbocycles. The van der Waals surface area contributed by atoms with Crippen molar-refractivity contribution in [2.75, 3.05) is 13.2 Å². The van der Waals surface area contributed by atoms with Gasteiger partial charge < -0.3 is 14.2 Å². The van der Waals surface area contributed by atoms with Crippen molar-refractivity contribution in [2.24, 2.45) is 0 Å². The van der Waals surface area contributed by atoms with E-state index in [9.17, 15) is 8.78 Å². The summed E-state index contributed by atoms with van der Waals surface area (Å²) in [7, 11) is 0. The first-order chi connectivity index (χ1) is 12.0. The van der Waals surface area contributed by atoms with Crippen LogP contribution in [0.2, 0.25) is 5.02 Å². The van der Waals surface area contributed by atoms with Crippen LogP contribution in [-0.4, -0.2) is 25.6 Å². The third-order valence-corrected chi connectivity index (χ3v) is 4.19. The average molecular weight is 369 g/mol. The molecule has 3 rings (SSSR count). The van der Waals surface area contributed by atoms with Gasteiger partial charge in [0, 0.05) is 6.07 Å². The van der Waals surface area contributed by atoms with Gasteiger partial charge in [-0.2, -0.15) is 0 Å². The second kappa shape index (κ2) is 8.13. The van der Waals surface area contributed by atoms with Gasteiger partial charge in [0.05, 0.1) is 11.6 Å². The third-order valence-electron chi connectivity index (χ3n) is 3.90. The molecule has 134 valence electrons. The van der Waals surface area contributed by atoms with E-state index in [2.05, 4.69) is 0 Å². The number of halogens is 3. The normalized spacial score (nSPS) is 20.0. The van der Waals surface area contributed by atoms with E-state index in [-0.39, 0.29) is 12.4 Å². The van der Waals surface area contributed by atoms with Crippen molar-refractivity contribution < 1.29 is 23.0 Å². The maximum absolute atomic E-state index is 13.3. The zero-order chi connectivity index (χ0) is 17.8. The average Bonchev–Trinajstić information content (AvgIpc) is 3.01. The van der Waals surface area contributed by atoms with E-state index in [1.165, 1.54) is 12.1 Å².